The Kier molecular flexibility index (Phi) is 4.53. The van der Waals surface area contributed by atoms with E-state index in [-0.39, 0.29) is 5.91 Å². The van der Waals surface area contributed by atoms with Crippen molar-refractivity contribution in [1.29, 1.82) is 0 Å². The van der Waals surface area contributed by atoms with Gasteiger partial charge in [0.25, 0.3) is 0 Å². The van der Waals surface area contributed by atoms with E-state index in [2.05, 4.69) is 5.32 Å². The fourth-order valence-electron chi connectivity index (χ4n) is 2.06. The van der Waals surface area contributed by atoms with Crippen molar-refractivity contribution >= 4 is 11.6 Å². The lowest BCUT2D eigenvalue weighted by Crippen LogP contribution is -2.37. The molecule has 0 aliphatic carbocycles. The van der Waals surface area contributed by atoms with Crippen LogP contribution < -0.4 is 11.1 Å². The molecule has 3 heteroatoms. The number of anilines is 1. The molecule has 1 atom stereocenters. The van der Waals surface area contributed by atoms with Crippen molar-refractivity contribution in [3.8, 4) is 0 Å². The minimum absolute atomic E-state index is 0.150. The number of hydrogen-bond acceptors (Lipinski definition) is 2. The Morgan fingerprint density at radius 3 is 2.55 bits per heavy atom. The molecule has 0 aromatic heterocycles. The number of aryl methyl sites for hydroxylation is 2. The third-order valence-corrected chi connectivity index (χ3v) is 3.29. The second-order valence-electron chi connectivity index (χ2n) is 5.10. The first-order valence-electron chi connectivity index (χ1n) is 6.74. The minimum atomic E-state index is -0.544. The molecule has 0 aliphatic heterocycles. The van der Waals surface area contributed by atoms with Gasteiger partial charge in [0.2, 0.25) is 5.91 Å². The molecular formula is C17H20N2O. The Morgan fingerprint density at radius 2 is 1.85 bits per heavy atom. The predicted octanol–water partition coefficient (Wildman–Crippen LogP) is 2.81. The van der Waals surface area contributed by atoms with E-state index in [0.29, 0.717) is 6.42 Å². The number of hydrogen-bond donors (Lipinski definition) is 2. The van der Waals surface area contributed by atoms with Crippen molar-refractivity contribution in [2.45, 2.75) is 26.3 Å². The van der Waals surface area contributed by atoms with Crippen molar-refractivity contribution in [1.82, 2.24) is 0 Å². The van der Waals surface area contributed by atoms with Crippen LogP contribution in [0.1, 0.15) is 16.7 Å². The zero-order valence-corrected chi connectivity index (χ0v) is 11.9. The van der Waals surface area contributed by atoms with E-state index in [4.69, 9.17) is 5.73 Å². The lowest BCUT2D eigenvalue weighted by molar-refractivity contribution is -0.117. The lowest BCUT2D eigenvalue weighted by atomic mass is 10.1. The van der Waals surface area contributed by atoms with Crippen LogP contribution in [0.15, 0.2) is 48.5 Å². The average molecular weight is 268 g/mol. The molecule has 0 bridgehead atoms. The maximum atomic E-state index is 12.1. The standard InChI is InChI=1S/C17H20N2O/c1-12-8-9-13(2)16(10-12)19-17(20)15(18)11-14-6-4-3-5-7-14/h3-10,15H,11,18H2,1-2H3,(H,19,20)/t15-/m1/s1. The highest BCUT2D eigenvalue weighted by Crippen LogP contribution is 2.16. The van der Waals surface area contributed by atoms with Gasteiger partial charge in [-0.1, -0.05) is 42.5 Å². The number of carbonyl (C=O) groups excluding carboxylic acids is 1. The number of benzene rings is 2. The minimum Gasteiger partial charge on any atom is -0.324 e. The summed E-state index contributed by atoms with van der Waals surface area (Å²) < 4.78 is 0. The molecule has 3 N–H and O–H groups in total. The van der Waals surface area contributed by atoms with Gasteiger partial charge in [0, 0.05) is 5.69 Å². The molecule has 3 nitrogen and oxygen atoms in total. The Morgan fingerprint density at radius 1 is 1.15 bits per heavy atom. The summed E-state index contributed by atoms with van der Waals surface area (Å²) in [4.78, 5) is 12.1. The molecule has 0 unspecified atom stereocenters. The zero-order chi connectivity index (χ0) is 14.5. The van der Waals surface area contributed by atoms with Gasteiger partial charge in [0.15, 0.2) is 0 Å². The third-order valence-electron chi connectivity index (χ3n) is 3.29. The van der Waals surface area contributed by atoms with Crippen LogP contribution in [0.2, 0.25) is 0 Å². The third kappa shape index (κ3) is 3.68. The Balaban J connectivity index is 2.02. The number of amides is 1. The van der Waals surface area contributed by atoms with Crippen molar-refractivity contribution in [2.24, 2.45) is 5.73 Å². The van der Waals surface area contributed by atoms with E-state index < -0.39 is 6.04 Å². The van der Waals surface area contributed by atoms with Crippen molar-refractivity contribution in [3.05, 3.63) is 65.2 Å². The Labute approximate surface area is 119 Å². The molecule has 0 saturated carbocycles. The van der Waals surface area contributed by atoms with Gasteiger partial charge in [0.1, 0.15) is 0 Å². The molecule has 2 aromatic carbocycles. The van der Waals surface area contributed by atoms with Crippen molar-refractivity contribution < 1.29 is 4.79 Å². The monoisotopic (exact) mass is 268 g/mol. The zero-order valence-electron chi connectivity index (χ0n) is 11.9. The summed E-state index contributed by atoms with van der Waals surface area (Å²) in [5.74, 6) is -0.150. The largest absolute Gasteiger partial charge is 0.324 e. The van der Waals surface area contributed by atoms with Gasteiger partial charge in [-0.25, -0.2) is 0 Å². The second-order valence-corrected chi connectivity index (χ2v) is 5.10. The summed E-state index contributed by atoms with van der Waals surface area (Å²) in [6.45, 7) is 3.97. The van der Waals surface area contributed by atoms with Gasteiger partial charge in [0.05, 0.1) is 6.04 Å². The number of nitrogens with two attached hydrogens (primary N) is 1. The van der Waals surface area contributed by atoms with E-state index in [1.165, 1.54) is 0 Å². The average Bonchev–Trinajstić information content (AvgIpc) is 2.44. The van der Waals surface area contributed by atoms with Crippen LogP contribution >= 0.6 is 0 Å². The molecule has 0 fully saturated rings. The number of rotatable bonds is 4. The SMILES string of the molecule is Cc1ccc(C)c(NC(=O)[C@H](N)Cc2ccccc2)c1. The van der Waals surface area contributed by atoms with Crippen LogP contribution in [0.4, 0.5) is 5.69 Å². The molecule has 1 amide bonds. The van der Waals surface area contributed by atoms with Crippen molar-refractivity contribution in [2.75, 3.05) is 5.32 Å². The highest BCUT2D eigenvalue weighted by Gasteiger charge is 2.15. The van der Waals surface area contributed by atoms with E-state index >= 15 is 0 Å². The topological polar surface area (TPSA) is 55.1 Å². The van der Waals surface area contributed by atoms with E-state index in [1.807, 2.05) is 62.4 Å². The van der Waals surface area contributed by atoms with Gasteiger partial charge < -0.3 is 11.1 Å². The van der Waals surface area contributed by atoms with Gasteiger partial charge in [-0.3, -0.25) is 4.79 Å². The Hall–Kier alpha value is -2.13. The summed E-state index contributed by atoms with van der Waals surface area (Å²) in [7, 11) is 0. The smallest absolute Gasteiger partial charge is 0.241 e. The summed E-state index contributed by atoms with van der Waals surface area (Å²) >= 11 is 0. The highest BCUT2D eigenvalue weighted by molar-refractivity contribution is 5.95. The molecule has 0 heterocycles. The van der Waals surface area contributed by atoms with Gasteiger partial charge in [-0.05, 0) is 43.0 Å². The summed E-state index contributed by atoms with van der Waals surface area (Å²) in [6, 6.07) is 15.2. The molecular weight excluding hydrogens is 248 g/mol. The lowest BCUT2D eigenvalue weighted by Gasteiger charge is -2.14. The van der Waals surface area contributed by atoms with Crippen LogP contribution in [-0.2, 0) is 11.2 Å². The summed E-state index contributed by atoms with van der Waals surface area (Å²) in [5.41, 5.74) is 10.0. The normalized spacial score (nSPS) is 11.9. The van der Waals surface area contributed by atoms with Gasteiger partial charge >= 0.3 is 0 Å². The van der Waals surface area contributed by atoms with Gasteiger partial charge in [-0.15, -0.1) is 0 Å². The van der Waals surface area contributed by atoms with E-state index in [1.54, 1.807) is 0 Å². The molecule has 0 saturated heterocycles. The van der Waals surface area contributed by atoms with Crippen LogP contribution in [0.5, 0.6) is 0 Å². The van der Waals surface area contributed by atoms with Crippen LogP contribution in [0.25, 0.3) is 0 Å². The molecule has 20 heavy (non-hydrogen) atoms. The maximum Gasteiger partial charge on any atom is 0.241 e. The number of carbonyl (C=O) groups is 1. The molecule has 2 rings (SSSR count). The first kappa shape index (κ1) is 14.3. The van der Waals surface area contributed by atoms with Crippen LogP contribution in [-0.4, -0.2) is 11.9 Å². The molecule has 104 valence electrons. The summed E-state index contributed by atoms with van der Waals surface area (Å²) in [5, 5.41) is 2.91. The first-order chi connectivity index (χ1) is 9.56. The first-order valence-corrected chi connectivity index (χ1v) is 6.74. The molecule has 0 radical (unpaired) electrons. The molecule has 2 aromatic rings. The Bertz CT molecular complexity index is 593. The van der Waals surface area contributed by atoms with Gasteiger partial charge in [-0.2, -0.15) is 0 Å². The van der Waals surface area contributed by atoms with E-state index in [0.717, 1.165) is 22.4 Å². The predicted molar refractivity (Wildman–Crippen MR) is 82.7 cm³/mol. The maximum absolute atomic E-state index is 12.1. The van der Waals surface area contributed by atoms with E-state index in [9.17, 15) is 4.79 Å². The second kappa shape index (κ2) is 6.35. The number of nitrogens with one attached hydrogen (secondary N) is 1. The quantitative estimate of drug-likeness (QED) is 0.896. The summed E-state index contributed by atoms with van der Waals surface area (Å²) in [6.07, 6.45) is 0.539. The fourth-order valence-corrected chi connectivity index (χ4v) is 2.06. The molecule has 0 aliphatic rings. The van der Waals surface area contributed by atoms with Crippen molar-refractivity contribution in [3.63, 3.8) is 0 Å². The van der Waals surface area contributed by atoms with Crippen LogP contribution in [0.3, 0.4) is 0 Å². The fraction of sp³-hybridized carbons (Fsp3) is 0.235. The van der Waals surface area contributed by atoms with Crippen LogP contribution in [0, 0.1) is 13.8 Å². The highest BCUT2D eigenvalue weighted by atomic mass is 16.2. The molecule has 0 spiro atoms.